The largest absolute Gasteiger partial charge is 0.493 e. The number of carboxylic acids is 1. The maximum Gasteiger partial charge on any atom is 0.344 e. The van der Waals surface area contributed by atoms with Gasteiger partial charge in [-0.25, -0.2) is 9.59 Å². The molecule has 3 amide bonds. The Morgan fingerprint density at radius 2 is 1.97 bits per heavy atom. The quantitative estimate of drug-likeness (QED) is 0.474. The van der Waals surface area contributed by atoms with Gasteiger partial charge in [-0.1, -0.05) is 41.4 Å². The van der Waals surface area contributed by atoms with E-state index in [0.717, 1.165) is 4.90 Å². The van der Waals surface area contributed by atoms with E-state index in [0.29, 0.717) is 21.2 Å². The molecule has 1 heterocycles. The maximum atomic E-state index is 12.8. The molecule has 3 rings (SSSR count). The Kier molecular flexibility index (Phi) is 6.72. The molecule has 1 aliphatic rings. The molecule has 0 aromatic heterocycles. The zero-order valence-electron chi connectivity index (χ0n) is 16.5. The number of nitrogens with zero attached hydrogens (tertiary/aromatic N) is 1. The number of hydrogen-bond acceptors (Lipinski definition) is 5. The lowest BCUT2D eigenvalue weighted by Gasteiger charge is -2.16. The molecule has 1 fully saturated rings. The van der Waals surface area contributed by atoms with Crippen LogP contribution in [0.4, 0.5) is 4.79 Å². The number of ether oxygens (including phenoxy) is 2. The fourth-order valence-corrected chi connectivity index (χ4v) is 3.17. The number of carbonyl (C=O) groups excluding carboxylic acids is 2. The Labute approximate surface area is 187 Å². The first-order valence-corrected chi connectivity index (χ1v) is 9.81. The van der Waals surface area contributed by atoms with Gasteiger partial charge in [-0.15, -0.1) is 0 Å². The highest BCUT2D eigenvalue weighted by Gasteiger charge is 2.34. The standard InChI is InChI=1S/C21H18Cl2N2O6/c1-11(20(27)28)31-18-13(4-3-5-17(18)30-2)9-16-19(26)25(21(29)24-16)10-12-6-7-14(22)15(23)8-12/h3-9,11H,10H2,1-2H3,(H,24,29)(H,27,28)/b16-9-/t11-/m1/s1. The second-order valence-corrected chi connectivity index (χ2v) is 7.42. The van der Waals surface area contributed by atoms with Gasteiger partial charge in [0.2, 0.25) is 0 Å². The zero-order chi connectivity index (χ0) is 22.7. The van der Waals surface area contributed by atoms with Gasteiger partial charge in [-0.05, 0) is 36.8 Å². The average molecular weight is 465 g/mol. The van der Waals surface area contributed by atoms with E-state index in [1.54, 1.807) is 36.4 Å². The first-order valence-electron chi connectivity index (χ1n) is 9.06. The number of rotatable bonds is 7. The molecule has 1 saturated heterocycles. The average Bonchev–Trinajstić information content (AvgIpc) is 2.99. The second kappa shape index (κ2) is 9.28. The number of carbonyl (C=O) groups is 3. The first-order chi connectivity index (χ1) is 14.7. The number of methoxy groups -OCH3 is 1. The molecule has 162 valence electrons. The van der Waals surface area contributed by atoms with Crippen molar-refractivity contribution in [3.05, 3.63) is 63.3 Å². The molecule has 0 spiro atoms. The van der Waals surface area contributed by atoms with Crippen LogP contribution in [-0.4, -0.2) is 41.1 Å². The Balaban J connectivity index is 1.90. The molecule has 10 heteroatoms. The summed E-state index contributed by atoms with van der Waals surface area (Å²) in [5.41, 5.74) is 0.999. The SMILES string of the molecule is COc1cccc(/C=C2\NC(=O)N(Cc3ccc(Cl)c(Cl)c3)C2=O)c1O[C@H](C)C(=O)O. The van der Waals surface area contributed by atoms with Crippen molar-refractivity contribution in [3.8, 4) is 11.5 Å². The smallest absolute Gasteiger partial charge is 0.344 e. The molecule has 0 unspecified atom stereocenters. The van der Waals surface area contributed by atoms with Crippen molar-refractivity contribution in [2.24, 2.45) is 0 Å². The van der Waals surface area contributed by atoms with E-state index in [4.69, 9.17) is 37.8 Å². The number of urea groups is 1. The molecular weight excluding hydrogens is 447 g/mol. The number of hydrogen-bond donors (Lipinski definition) is 2. The fraction of sp³-hybridized carbons (Fsp3) is 0.190. The van der Waals surface area contributed by atoms with Gasteiger partial charge in [0.1, 0.15) is 5.70 Å². The number of carboxylic acid groups (broad SMARTS) is 1. The number of benzene rings is 2. The van der Waals surface area contributed by atoms with Gasteiger partial charge < -0.3 is 19.9 Å². The van der Waals surface area contributed by atoms with Crippen molar-refractivity contribution in [1.29, 1.82) is 0 Å². The van der Waals surface area contributed by atoms with Crippen LogP contribution < -0.4 is 14.8 Å². The normalized spacial score (nSPS) is 15.7. The number of halogens is 2. The summed E-state index contributed by atoms with van der Waals surface area (Å²) in [6, 6.07) is 9.07. The lowest BCUT2D eigenvalue weighted by molar-refractivity contribution is -0.144. The molecule has 8 nitrogen and oxygen atoms in total. The minimum absolute atomic E-state index is 0.00356. The summed E-state index contributed by atoms with van der Waals surface area (Å²) >= 11 is 11.9. The third-order valence-corrected chi connectivity index (χ3v) is 5.20. The number of imide groups is 1. The third kappa shape index (κ3) is 4.92. The molecule has 0 saturated carbocycles. The van der Waals surface area contributed by atoms with E-state index in [9.17, 15) is 14.4 Å². The Bertz CT molecular complexity index is 1090. The van der Waals surface area contributed by atoms with E-state index in [-0.39, 0.29) is 23.7 Å². The van der Waals surface area contributed by atoms with Crippen LogP contribution >= 0.6 is 23.2 Å². The van der Waals surface area contributed by atoms with Gasteiger partial charge in [-0.2, -0.15) is 0 Å². The molecule has 2 aromatic rings. The summed E-state index contributed by atoms with van der Waals surface area (Å²) in [4.78, 5) is 37.4. The van der Waals surface area contributed by atoms with Crippen LogP contribution in [-0.2, 0) is 16.1 Å². The lowest BCUT2D eigenvalue weighted by Crippen LogP contribution is -2.30. The highest BCUT2D eigenvalue weighted by molar-refractivity contribution is 6.42. The maximum absolute atomic E-state index is 12.8. The molecule has 1 atom stereocenters. The van der Waals surface area contributed by atoms with Crippen LogP contribution in [0.25, 0.3) is 6.08 Å². The van der Waals surface area contributed by atoms with Crippen LogP contribution in [0.3, 0.4) is 0 Å². The van der Waals surface area contributed by atoms with Gasteiger partial charge in [-0.3, -0.25) is 9.69 Å². The summed E-state index contributed by atoms with van der Waals surface area (Å²) in [7, 11) is 1.41. The molecule has 0 bridgehead atoms. The van der Waals surface area contributed by atoms with Crippen LogP contribution in [0.1, 0.15) is 18.1 Å². The van der Waals surface area contributed by atoms with Gasteiger partial charge in [0.25, 0.3) is 5.91 Å². The van der Waals surface area contributed by atoms with Crippen molar-refractivity contribution >= 4 is 47.2 Å². The van der Waals surface area contributed by atoms with Gasteiger partial charge in [0.05, 0.1) is 23.7 Å². The van der Waals surface area contributed by atoms with Gasteiger partial charge in [0, 0.05) is 5.56 Å². The molecule has 2 N–H and O–H groups in total. The van der Waals surface area contributed by atoms with Crippen LogP contribution in [0.15, 0.2) is 42.1 Å². The molecule has 1 aliphatic heterocycles. The molecular formula is C21H18Cl2N2O6. The lowest BCUT2D eigenvalue weighted by atomic mass is 10.1. The Morgan fingerprint density at radius 3 is 2.61 bits per heavy atom. The van der Waals surface area contributed by atoms with E-state index in [2.05, 4.69) is 5.32 Å². The van der Waals surface area contributed by atoms with Crippen molar-refractivity contribution in [2.45, 2.75) is 19.6 Å². The predicted molar refractivity (Wildman–Crippen MR) is 114 cm³/mol. The molecule has 31 heavy (non-hydrogen) atoms. The highest BCUT2D eigenvalue weighted by atomic mass is 35.5. The summed E-state index contributed by atoms with van der Waals surface area (Å²) in [6.45, 7) is 1.36. The molecule has 0 radical (unpaired) electrons. The number of amides is 3. The number of para-hydroxylation sites is 1. The van der Waals surface area contributed by atoms with Gasteiger partial charge in [0.15, 0.2) is 17.6 Å². The number of aliphatic carboxylic acids is 1. The van der Waals surface area contributed by atoms with Crippen molar-refractivity contribution < 1.29 is 29.0 Å². The van der Waals surface area contributed by atoms with Crippen molar-refractivity contribution in [2.75, 3.05) is 7.11 Å². The van der Waals surface area contributed by atoms with Crippen LogP contribution in [0.2, 0.25) is 10.0 Å². The Morgan fingerprint density at radius 1 is 1.23 bits per heavy atom. The van der Waals surface area contributed by atoms with Crippen molar-refractivity contribution in [1.82, 2.24) is 10.2 Å². The predicted octanol–water partition coefficient (Wildman–Crippen LogP) is 3.95. The summed E-state index contributed by atoms with van der Waals surface area (Å²) in [6.07, 6.45) is 0.245. The Hall–Kier alpha value is -3.23. The van der Waals surface area contributed by atoms with Crippen LogP contribution in [0.5, 0.6) is 11.5 Å². The summed E-state index contributed by atoms with van der Waals surface area (Å²) in [5, 5.41) is 12.3. The monoisotopic (exact) mass is 464 g/mol. The molecule has 2 aromatic carbocycles. The first kappa shape index (κ1) is 22.5. The van der Waals surface area contributed by atoms with E-state index in [1.165, 1.54) is 20.1 Å². The van der Waals surface area contributed by atoms with Crippen LogP contribution in [0, 0.1) is 0 Å². The topological polar surface area (TPSA) is 105 Å². The minimum atomic E-state index is -1.16. The summed E-state index contributed by atoms with van der Waals surface area (Å²) < 4.78 is 10.8. The minimum Gasteiger partial charge on any atom is -0.493 e. The summed E-state index contributed by atoms with van der Waals surface area (Å²) in [5.74, 6) is -1.30. The fourth-order valence-electron chi connectivity index (χ4n) is 2.85. The van der Waals surface area contributed by atoms with Gasteiger partial charge >= 0.3 is 12.0 Å². The van der Waals surface area contributed by atoms with E-state index in [1.807, 2.05) is 0 Å². The van der Waals surface area contributed by atoms with E-state index < -0.39 is 24.0 Å². The zero-order valence-corrected chi connectivity index (χ0v) is 18.0. The van der Waals surface area contributed by atoms with E-state index >= 15 is 0 Å². The number of nitrogens with one attached hydrogen (secondary N) is 1. The molecule has 0 aliphatic carbocycles. The second-order valence-electron chi connectivity index (χ2n) is 6.60. The third-order valence-electron chi connectivity index (χ3n) is 4.46. The van der Waals surface area contributed by atoms with Crippen molar-refractivity contribution in [3.63, 3.8) is 0 Å². The highest BCUT2D eigenvalue weighted by Crippen LogP contribution is 2.34.